The fourth-order valence-electron chi connectivity index (χ4n) is 3.90. The van der Waals surface area contributed by atoms with Crippen molar-refractivity contribution >= 4 is 52.8 Å². The molecule has 0 bridgehead atoms. The van der Waals surface area contributed by atoms with Crippen molar-refractivity contribution in [3.05, 3.63) is 98.5 Å². The van der Waals surface area contributed by atoms with Gasteiger partial charge in [0.25, 0.3) is 0 Å². The lowest BCUT2D eigenvalue weighted by Crippen LogP contribution is -2.36. The van der Waals surface area contributed by atoms with Gasteiger partial charge < -0.3 is 9.84 Å². The Morgan fingerprint density at radius 3 is 2.32 bits per heavy atom. The number of carbonyl (C=O) groups excluding carboxylic acids is 1. The summed E-state index contributed by atoms with van der Waals surface area (Å²) in [5.74, 6) is -0.817. The van der Waals surface area contributed by atoms with Crippen molar-refractivity contribution in [1.82, 2.24) is 0 Å². The Balaban J connectivity index is 1.77. The van der Waals surface area contributed by atoms with Gasteiger partial charge in [0, 0.05) is 23.2 Å². The van der Waals surface area contributed by atoms with Gasteiger partial charge in [-0.05, 0) is 71.3 Å². The lowest BCUT2D eigenvalue weighted by Gasteiger charge is -2.25. The third kappa shape index (κ3) is 4.60. The van der Waals surface area contributed by atoms with E-state index in [9.17, 15) is 14.7 Å². The van der Waals surface area contributed by atoms with E-state index in [4.69, 9.17) is 39.5 Å². The summed E-state index contributed by atoms with van der Waals surface area (Å²) in [7, 11) is 1.54. The van der Waals surface area contributed by atoms with E-state index in [1.54, 1.807) is 55.8 Å². The fourth-order valence-corrected chi connectivity index (χ4v) is 4.60. The molecule has 1 aliphatic heterocycles. The average Bonchev–Trinajstić information content (AvgIpc) is 3.28. The number of hydrogen-bond donors (Lipinski definition) is 1. The average molecular weight is 515 g/mol. The molecule has 1 N–H and O–H groups in total. The number of allylic oxidation sites excluding steroid dienone is 1. The number of carboxylic acids is 1. The summed E-state index contributed by atoms with van der Waals surface area (Å²) in [6, 6.07) is 15.0. The SMILES string of the molecule is COc1ccc(-c2ccc(Cl)c(C(=O)O)c2)cc1CC1(C(=O)c2ccc(Cl)cc2Cl)C=CC=N1. The van der Waals surface area contributed by atoms with Crippen LogP contribution in [0.2, 0.25) is 15.1 Å². The molecule has 3 aromatic carbocycles. The van der Waals surface area contributed by atoms with Crippen LogP contribution in [0.3, 0.4) is 0 Å². The molecule has 1 heterocycles. The second-order valence-corrected chi connectivity index (χ2v) is 8.97. The molecule has 0 aromatic heterocycles. The predicted octanol–water partition coefficient (Wildman–Crippen LogP) is 6.83. The first kappa shape index (κ1) is 24.0. The molecular weight excluding hydrogens is 497 g/mol. The summed E-state index contributed by atoms with van der Waals surface area (Å²) in [5.41, 5.74) is 1.23. The highest BCUT2D eigenvalue weighted by atomic mass is 35.5. The second-order valence-electron chi connectivity index (χ2n) is 7.72. The van der Waals surface area contributed by atoms with Crippen molar-refractivity contribution in [3.8, 4) is 16.9 Å². The normalized spacial score (nSPS) is 16.6. The van der Waals surface area contributed by atoms with E-state index in [-0.39, 0.29) is 27.8 Å². The van der Waals surface area contributed by atoms with Crippen molar-refractivity contribution in [3.63, 3.8) is 0 Å². The molecule has 1 atom stereocenters. The van der Waals surface area contributed by atoms with E-state index in [1.807, 2.05) is 12.1 Å². The van der Waals surface area contributed by atoms with Crippen LogP contribution in [0.5, 0.6) is 5.75 Å². The molecular formula is C26H18Cl3NO4. The summed E-state index contributed by atoms with van der Waals surface area (Å²) in [6.07, 6.45) is 5.23. The summed E-state index contributed by atoms with van der Waals surface area (Å²) in [6.45, 7) is 0. The minimum atomic E-state index is -1.21. The third-order valence-electron chi connectivity index (χ3n) is 5.60. The molecule has 8 heteroatoms. The molecule has 1 unspecified atom stereocenters. The maximum atomic E-state index is 13.6. The van der Waals surface area contributed by atoms with E-state index >= 15 is 0 Å². The number of Topliss-reactive ketones (excluding diaryl/α,β-unsaturated/α-hetero) is 1. The number of ether oxygens (including phenoxy) is 1. The Bertz CT molecular complexity index is 1350. The van der Waals surface area contributed by atoms with Crippen LogP contribution in [0.15, 0.2) is 71.7 Å². The van der Waals surface area contributed by atoms with Gasteiger partial charge in [-0.2, -0.15) is 0 Å². The number of carboxylic acid groups (broad SMARTS) is 1. The van der Waals surface area contributed by atoms with Crippen LogP contribution < -0.4 is 4.74 Å². The van der Waals surface area contributed by atoms with Gasteiger partial charge in [-0.15, -0.1) is 0 Å². The number of halogens is 3. The Labute approximate surface area is 211 Å². The van der Waals surface area contributed by atoms with Gasteiger partial charge in [0.1, 0.15) is 11.3 Å². The molecule has 1 aliphatic rings. The Hall–Kier alpha value is -3.12. The first-order valence-electron chi connectivity index (χ1n) is 10.2. The number of ketones is 1. The van der Waals surface area contributed by atoms with Crippen LogP contribution in [-0.4, -0.2) is 35.7 Å². The van der Waals surface area contributed by atoms with Gasteiger partial charge in [-0.1, -0.05) is 46.9 Å². The van der Waals surface area contributed by atoms with Crippen LogP contribution in [0, 0.1) is 0 Å². The number of carbonyl (C=O) groups is 2. The molecule has 5 nitrogen and oxygen atoms in total. The van der Waals surface area contributed by atoms with E-state index in [0.717, 1.165) is 5.56 Å². The zero-order chi connectivity index (χ0) is 24.5. The van der Waals surface area contributed by atoms with Gasteiger partial charge in [-0.25, -0.2) is 4.79 Å². The molecule has 0 saturated carbocycles. The summed E-state index contributed by atoms with van der Waals surface area (Å²) >= 11 is 18.3. The summed E-state index contributed by atoms with van der Waals surface area (Å²) in [5, 5.41) is 10.2. The van der Waals surface area contributed by atoms with Crippen molar-refractivity contribution in [2.75, 3.05) is 7.11 Å². The van der Waals surface area contributed by atoms with Crippen LogP contribution in [0.1, 0.15) is 26.3 Å². The molecule has 4 rings (SSSR count). The standard InChI is InChI=1S/C26H18Cl3NO4/c1-34-23-8-4-15(16-3-7-21(28)20(12-16)25(32)33)11-17(23)14-26(9-2-10-30-26)24(31)19-6-5-18(27)13-22(19)29/h2-13H,14H2,1H3,(H,32,33). The third-order valence-corrected chi connectivity index (χ3v) is 6.48. The zero-order valence-electron chi connectivity index (χ0n) is 17.9. The summed E-state index contributed by atoms with van der Waals surface area (Å²) in [4.78, 5) is 29.6. The number of nitrogens with zero attached hydrogens (tertiary/aromatic N) is 1. The molecule has 0 aliphatic carbocycles. The minimum absolute atomic E-state index is 0.00360. The van der Waals surface area contributed by atoms with Crippen molar-refractivity contribution in [2.24, 2.45) is 4.99 Å². The van der Waals surface area contributed by atoms with Crippen LogP contribution >= 0.6 is 34.8 Å². The number of hydrogen-bond acceptors (Lipinski definition) is 4. The Morgan fingerprint density at radius 2 is 1.68 bits per heavy atom. The van der Waals surface area contributed by atoms with Gasteiger partial charge in [0.15, 0.2) is 5.78 Å². The highest BCUT2D eigenvalue weighted by Crippen LogP contribution is 2.36. The van der Waals surface area contributed by atoms with Gasteiger partial charge in [0.2, 0.25) is 0 Å². The highest BCUT2D eigenvalue weighted by Gasteiger charge is 2.39. The monoisotopic (exact) mass is 513 g/mol. The molecule has 34 heavy (non-hydrogen) atoms. The van der Waals surface area contributed by atoms with Gasteiger partial charge in [-0.3, -0.25) is 9.79 Å². The molecule has 0 saturated heterocycles. The zero-order valence-corrected chi connectivity index (χ0v) is 20.2. The van der Waals surface area contributed by atoms with E-state index in [2.05, 4.69) is 4.99 Å². The topological polar surface area (TPSA) is 76.0 Å². The number of aromatic carboxylic acids is 1. The predicted molar refractivity (Wildman–Crippen MR) is 135 cm³/mol. The first-order valence-corrected chi connectivity index (χ1v) is 11.3. The lowest BCUT2D eigenvalue weighted by molar-refractivity contribution is 0.0697. The molecule has 172 valence electrons. The molecule has 0 spiro atoms. The Morgan fingerprint density at radius 1 is 0.941 bits per heavy atom. The molecule has 0 radical (unpaired) electrons. The molecule has 0 fully saturated rings. The lowest BCUT2D eigenvalue weighted by atomic mass is 9.83. The van der Waals surface area contributed by atoms with Crippen molar-refractivity contribution in [1.29, 1.82) is 0 Å². The summed E-state index contributed by atoms with van der Waals surface area (Å²) < 4.78 is 5.55. The van der Waals surface area contributed by atoms with Crippen molar-refractivity contribution in [2.45, 2.75) is 12.0 Å². The number of methoxy groups -OCH3 is 1. The quantitative estimate of drug-likeness (QED) is 0.351. The maximum absolute atomic E-state index is 13.6. The van der Waals surface area contributed by atoms with Crippen LogP contribution in [-0.2, 0) is 6.42 Å². The second kappa shape index (κ2) is 9.63. The smallest absolute Gasteiger partial charge is 0.337 e. The van der Waals surface area contributed by atoms with E-state index < -0.39 is 11.5 Å². The van der Waals surface area contributed by atoms with Crippen LogP contribution in [0.4, 0.5) is 0 Å². The largest absolute Gasteiger partial charge is 0.496 e. The fraction of sp³-hybridized carbons (Fsp3) is 0.115. The van der Waals surface area contributed by atoms with Crippen LogP contribution in [0.25, 0.3) is 11.1 Å². The minimum Gasteiger partial charge on any atom is -0.496 e. The Kier molecular flexibility index (Phi) is 6.80. The highest BCUT2D eigenvalue weighted by molar-refractivity contribution is 6.37. The molecule has 0 amide bonds. The van der Waals surface area contributed by atoms with E-state index in [0.29, 0.717) is 27.5 Å². The van der Waals surface area contributed by atoms with Crippen molar-refractivity contribution < 1.29 is 19.4 Å². The number of rotatable bonds is 7. The maximum Gasteiger partial charge on any atom is 0.337 e. The first-order chi connectivity index (χ1) is 16.2. The number of aliphatic imine (C=N–C) groups is 1. The molecule has 3 aromatic rings. The number of benzene rings is 3. The van der Waals surface area contributed by atoms with E-state index in [1.165, 1.54) is 12.1 Å². The van der Waals surface area contributed by atoms with Gasteiger partial charge in [0.05, 0.1) is 22.7 Å². The van der Waals surface area contributed by atoms with Gasteiger partial charge >= 0.3 is 5.97 Å².